The van der Waals surface area contributed by atoms with E-state index in [0.717, 1.165) is 43.9 Å². The Balaban J connectivity index is 1.34. The van der Waals surface area contributed by atoms with Gasteiger partial charge in [-0.15, -0.1) is 0 Å². The molecule has 1 aromatic heterocycles. The highest BCUT2D eigenvalue weighted by atomic mass is 19.4. The average molecular weight is 403 g/mol. The summed E-state index contributed by atoms with van der Waals surface area (Å²) in [4.78, 5) is 6.60. The fourth-order valence-electron chi connectivity index (χ4n) is 3.40. The van der Waals surface area contributed by atoms with Crippen molar-refractivity contribution in [2.45, 2.75) is 18.5 Å². The maximum absolute atomic E-state index is 12.9. The summed E-state index contributed by atoms with van der Waals surface area (Å²) in [6.45, 7) is 2.99. The highest BCUT2D eigenvalue weighted by Crippen LogP contribution is 2.32. The van der Waals surface area contributed by atoms with Crippen LogP contribution in [-0.4, -0.2) is 41.3 Å². The lowest BCUT2D eigenvalue weighted by molar-refractivity contribution is -0.137. The first kappa shape index (κ1) is 19.4. The lowest BCUT2D eigenvalue weighted by Gasteiger charge is -2.15. The molecule has 1 aliphatic rings. The quantitative estimate of drug-likeness (QED) is 0.601. The Bertz CT molecular complexity index is 944. The van der Waals surface area contributed by atoms with Crippen LogP contribution in [0.15, 0.2) is 59.1 Å². The number of para-hydroxylation sites is 1. The normalized spacial score (nSPS) is 17.6. The van der Waals surface area contributed by atoms with Gasteiger partial charge in [-0.2, -0.15) is 18.2 Å². The summed E-state index contributed by atoms with van der Waals surface area (Å²) in [5.41, 5.74) is -0.437. The molecular weight excluding hydrogens is 383 g/mol. The van der Waals surface area contributed by atoms with Gasteiger partial charge in [-0.05, 0) is 37.2 Å². The van der Waals surface area contributed by atoms with Gasteiger partial charge in [-0.3, -0.25) is 4.90 Å². The monoisotopic (exact) mass is 403 g/mol. The van der Waals surface area contributed by atoms with Crippen molar-refractivity contribution in [2.24, 2.45) is 0 Å². The first-order valence-corrected chi connectivity index (χ1v) is 9.40. The van der Waals surface area contributed by atoms with Crippen LogP contribution in [0.3, 0.4) is 0 Å². The second-order valence-corrected chi connectivity index (χ2v) is 6.98. The van der Waals surface area contributed by atoms with Crippen LogP contribution in [0.2, 0.25) is 0 Å². The van der Waals surface area contributed by atoms with E-state index in [0.29, 0.717) is 18.1 Å². The number of hydrogen-bond acceptors (Lipinski definition) is 5. The summed E-state index contributed by atoms with van der Waals surface area (Å²) in [5.74, 6) is 1.55. The third-order valence-electron chi connectivity index (χ3n) is 4.93. The molecule has 8 heteroatoms. The predicted octanol–water partition coefficient (Wildman–Crippen LogP) is 4.62. The number of halogens is 3. The smallest absolute Gasteiger partial charge is 0.416 e. The summed E-state index contributed by atoms with van der Waals surface area (Å²) in [6, 6.07) is 14.6. The fourth-order valence-corrected chi connectivity index (χ4v) is 3.40. The lowest BCUT2D eigenvalue weighted by Crippen LogP contribution is -2.26. The first-order chi connectivity index (χ1) is 14.0. The van der Waals surface area contributed by atoms with Crippen molar-refractivity contribution in [2.75, 3.05) is 26.2 Å². The zero-order chi connectivity index (χ0) is 20.3. The second kappa shape index (κ2) is 8.24. The number of nitrogens with zero attached hydrogens (tertiary/aromatic N) is 3. The molecule has 0 unspecified atom stereocenters. The molecule has 2 aromatic carbocycles. The molecule has 0 N–H and O–H groups in total. The van der Waals surface area contributed by atoms with Gasteiger partial charge < -0.3 is 9.26 Å². The SMILES string of the molecule is FC(F)(F)c1cccc(-c2noc([C@@H]3CCN(CCOc4ccccc4)C3)n2)c1. The largest absolute Gasteiger partial charge is 0.492 e. The highest BCUT2D eigenvalue weighted by Gasteiger charge is 2.31. The molecule has 4 rings (SSSR count). The average Bonchev–Trinajstić information content (AvgIpc) is 3.38. The molecule has 0 radical (unpaired) electrons. The zero-order valence-corrected chi connectivity index (χ0v) is 15.6. The lowest BCUT2D eigenvalue weighted by atomic mass is 10.1. The maximum Gasteiger partial charge on any atom is 0.416 e. The van der Waals surface area contributed by atoms with E-state index < -0.39 is 11.7 Å². The van der Waals surface area contributed by atoms with Crippen LogP contribution in [-0.2, 0) is 6.18 Å². The molecule has 0 bridgehead atoms. The van der Waals surface area contributed by atoms with Crippen molar-refractivity contribution >= 4 is 0 Å². The summed E-state index contributed by atoms with van der Waals surface area (Å²) in [7, 11) is 0. The van der Waals surface area contributed by atoms with E-state index in [9.17, 15) is 13.2 Å². The van der Waals surface area contributed by atoms with Crippen molar-refractivity contribution in [3.8, 4) is 17.1 Å². The van der Waals surface area contributed by atoms with Crippen LogP contribution in [0.5, 0.6) is 5.75 Å². The van der Waals surface area contributed by atoms with Crippen molar-refractivity contribution in [1.82, 2.24) is 15.0 Å². The minimum atomic E-state index is -4.41. The number of ether oxygens (including phenoxy) is 1. The van der Waals surface area contributed by atoms with Crippen molar-refractivity contribution in [3.05, 3.63) is 66.1 Å². The molecule has 1 atom stereocenters. The number of rotatable bonds is 6. The number of likely N-dealkylation sites (tertiary alicyclic amines) is 1. The molecular formula is C21H20F3N3O2. The van der Waals surface area contributed by atoms with Crippen LogP contribution in [0.4, 0.5) is 13.2 Å². The minimum Gasteiger partial charge on any atom is -0.492 e. The Morgan fingerprint density at radius 2 is 1.93 bits per heavy atom. The van der Waals surface area contributed by atoms with E-state index in [1.165, 1.54) is 6.07 Å². The van der Waals surface area contributed by atoms with Gasteiger partial charge in [-0.1, -0.05) is 35.5 Å². The summed E-state index contributed by atoms with van der Waals surface area (Å²) in [5, 5.41) is 3.88. The Morgan fingerprint density at radius 3 is 2.72 bits per heavy atom. The first-order valence-electron chi connectivity index (χ1n) is 9.40. The summed E-state index contributed by atoms with van der Waals surface area (Å²) >= 11 is 0. The zero-order valence-electron chi connectivity index (χ0n) is 15.6. The number of aromatic nitrogens is 2. The minimum absolute atomic E-state index is 0.0683. The Hall–Kier alpha value is -2.87. The van der Waals surface area contributed by atoms with Crippen molar-refractivity contribution < 1.29 is 22.4 Å². The molecule has 3 aromatic rings. The molecule has 2 heterocycles. The van der Waals surface area contributed by atoms with E-state index in [2.05, 4.69) is 15.0 Å². The predicted molar refractivity (Wildman–Crippen MR) is 100 cm³/mol. The molecule has 1 fully saturated rings. The van der Waals surface area contributed by atoms with Crippen molar-refractivity contribution in [3.63, 3.8) is 0 Å². The number of hydrogen-bond donors (Lipinski definition) is 0. The number of alkyl halides is 3. The van der Waals surface area contributed by atoms with Gasteiger partial charge in [0.2, 0.25) is 11.7 Å². The molecule has 29 heavy (non-hydrogen) atoms. The molecule has 1 aliphatic heterocycles. The van der Waals surface area contributed by atoms with Crippen LogP contribution >= 0.6 is 0 Å². The van der Waals surface area contributed by atoms with E-state index in [1.807, 2.05) is 30.3 Å². The highest BCUT2D eigenvalue weighted by molar-refractivity contribution is 5.55. The Morgan fingerprint density at radius 1 is 1.10 bits per heavy atom. The van der Waals surface area contributed by atoms with E-state index >= 15 is 0 Å². The van der Waals surface area contributed by atoms with Gasteiger partial charge in [0, 0.05) is 18.7 Å². The third-order valence-corrected chi connectivity index (χ3v) is 4.93. The van der Waals surface area contributed by atoms with Gasteiger partial charge in [0.25, 0.3) is 0 Å². The van der Waals surface area contributed by atoms with Crippen LogP contribution < -0.4 is 4.74 Å². The molecule has 0 saturated carbocycles. The van der Waals surface area contributed by atoms with E-state index in [-0.39, 0.29) is 11.7 Å². The maximum atomic E-state index is 12.9. The van der Waals surface area contributed by atoms with Gasteiger partial charge in [0.05, 0.1) is 11.5 Å². The van der Waals surface area contributed by atoms with Gasteiger partial charge in [0.1, 0.15) is 12.4 Å². The topological polar surface area (TPSA) is 51.4 Å². The summed E-state index contributed by atoms with van der Waals surface area (Å²) < 4.78 is 49.8. The van der Waals surface area contributed by atoms with Gasteiger partial charge >= 0.3 is 6.18 Å². The summed E-state index contributed by atoms with van der Waals surface area (Å²) in [6.07, 6.45) is -3.55. The Labute approximate surface area is 166 Å². The fraction of sp³-hybridized carbons (Fsp3) is 0.333. The van der Waals surface area contributed by atoms with Crippen LogP contribution in [0.1, 0.15) is 23.8 Å². The van der Waals surface area contributed by atoms with Crippen LogP contribution in [0, 0.1) is 0 Å². The molecule has 0 amide bonds. The Kier molecular flexibility index (Phi) is 5.53. The standard InChI is InChI=1S/C21H20F3N3O2/c22-21(23,24)17-6-4-5-15(13-17)19-25-20(29-26-19)16-9-10-27(14-16)11-12-28-18-7-2-1-3-8-18/h1-8,13,16H,9-12,14H2/t16-/m1/s1. The number of benzene rings is 2. The third kappa shape index (κ3) is 4.76. The molecule has 152 valence electrons. The van der Waals surface area contributed by atoms with Crippen molar-refractivity contribution in [1.29, 1.82) is 0 Å². The van der Waals surface area contributed by atoms with E-state index in [1.54, 1.807) is 6.07 Å². The molecule has 5 nitrogen and oxygen atoms in total. The molecule has 0 spiro atoms. The van der Waals surface area contributed by atoms with Gasteiger partial charge in [-0.25, -0.2) is 0 Å². The molecule has 1 saturated heterocycles. The van der Waals surface area contributed by atoms with Crippen LogP contribution in [0.25, 0.3) is 11.4 Å². The van der Waals surface area contributed by atoms with E-state index in [4.69, 9.17) is 9.26 Å². The van der Waals surface area contributed by atoms with Gasteiger partial charge in [0.15, 0.2) is 0 Å². The molecule has 0 aliphatic carbocycles. The second-order valence-electron chi connectivity index (χ2n) is 6.98.